The molecule has 140 valence electrons. The number of hydrogen-bond donors (Lipinski definition) is 2. The zero-order valence-corrected chi connectivity index (χ0v) is 15.5. The molecule has 0 aliphatic heterocycles. The van der Waals surface area contributed by atoms with Gasteiger partial charge in [0.25, 0.3) is 0 Å². The summed E-state index contributed by atoms with van der Waals surface area (Å²) in [4.78, 5) is 11.5. The Morgan fingerprint density at radius 3 is 2.81 bits per heavy atom. The van der Waals surface area contributed by atoms with E-state index >= 15 is 0 Å². The molecule has 1 aromatic carbocycles. The second kappa shape index (κ2) is 7.59. The molecule has 0 saturated carbocycles. The van der Waals surface area contributed by atoms with Gasteiger partial charge in [-0.25, -0.2) is 17.9 Å². The zero-order valence-electron chi connectivity index (χ0n) is 14.7. The molecule has 7 nitrogen and oxygen atoms in total. The molecule has 26 heavy (non-hydrogen) atoms. The third-order valence-corrected chi connectivity index (χ3v) is 6.13. The first-order valence-electron chi connectivity index (χ1n) is 8.73. The van der Waals surface area contributed by atoms with Gasteiger partial charge in [0.15, 0.2) is 0 Å². The maximum absolute atomic E-state index is 12.9. The van der Waals surface area contributed by atoms with Crippen LogP contribution in [0.25, 0.3) is 0 Å². The van der Waals surface area contributed by atoms with Gasteiger partial charge in [0, 0.05) is 25.5 Å². The van der Waals surface area contributed by atoms with E-state index in [2.05, 4.69) is 9.82 Å². The van der Waals surface area contributed by atoms with E-state index in [9.17, 15) is 18.3 Å². The van der Waals surface area contributed by atoms with E-state index < -0.39 is 16.0 Å². The van der Waals surface area contributed by atoms with E-state index in [1.807, 2.05) is 19.2 Å². The smallest absolute Gasteiger partial charge is 0.335 e. The van der Waals surface area contributed by atoms with Crippen molar-refractivity contribution in [2.45, 2.75) is 44.0 Å². The molecule has 2 N–H and O–H groups in total. The maximum Gasteiger partial charge on any atom is 0.335 e. The largest absolute Gasteiger partial charge is 0.478 e. The molecule has 1 atom stereocenters. The molecule has 0 amide bonds. The van der Waals surface area contributed by atoms with Gasteiger partial charge in [-0.1, -0.05) is 6.92 Å². The summed E-state index contributed by atoms with van der Waals surface area (Å²) in [5.74, 6) is -1.06. The molecular formula is C18H23N3O4S. The summed E-state index contributed by atoms with van der Waals surface area (Å²) < 4.78 is 30.1. The lowest BCUT2D eigenvalue weighted by Crippen LogP contribution is -2.31. The van der Waals surface area contributed by atoms with Crippen molar-refractivity contribution in [2.75, 3.05) is 6.54 Å². The van der Waals surface area contributed by atoms with Gasteiger partial charge in [-0.2, -0.15) is 5.10 Å². The van der Waals surface area contributed by atoms with Crippen LogP contribution in [0.3, 0.4) is 0 Å². The molecule has 3 rings (SSSR count). The Balaban J connectivity index is 1.81. The van der Waals surface area contributed by atoms with Crippen molar-refractivity contribution in [1.29, 1.82) is 0 Å². The second-order valence-electron chi connectivity index (χ2n) is 6.81. The van der Waals surface area contributed by atoms with Gasteiger partial charge in [-0.05, 0) is 60.9 Å². The molecule has 0 radical (unpaired) electrons. The molecular weight excluding hydrogens is 354 g/mol. The lowest BCUT2D eigenvalue weighted by atomic mass is 9.90. The fourth-order valence-corrected chi connectivity index (χ4v) is 4.81. The van der Waals surface area contributed by atoms with E-state index in [1.54, 1.807) is 16.9 Å². The van der Waals surface area contributed by atoms with Gasteiger partial charge in [0.2, 0.25) is 10.0 Å². The third-order valence-electron chi connectivity index (χ3n) is 4.64. The highest BCUT2D eigenvalue weighted by atomic mass is 32.2. The predicted octanol–water partition coefficient (Wildman–Crippen LogP) is 2.07. The van der Waals surface area contributed by atoms with Gasteiger partial charge in [0.1, 0.15) is 0 Å². The average molecular weight is 377 g/mol. The molecule has 1 aromatic heterocycles. The topological polar surface area (TPSA) is 101 Å². The molecule has 0 fully saturated rings. The number of aryl methyl sites for hydroxylation is 1. The average Bonchev–Trinajstić information content (AvgIpc) is 3.12. The van der Waals surface area contributed by atoms with Gasteiger partial charge >= 0.3 is 5.97 Å². The number of rotatable bonds is 7. The summed E-state index contributed by atoms with van der Waals surface area (Å²) in [6, 6.07) is 4.71. The van der Waals surface area contributed by atoms with Crippen LogP contribution in [0.2, 0.25) is 0 Å². The van der Waals surface area contributed by atoms with Crippen LogP contribution in [0.1, 0.15) is 41.3 Å². The van der Waals surface area contributed by atoms with Crippen LogP contribution < -0.4 is 4.72 Å². The molecule has 8 heteroatoms. The molecule has 0 saturated heterocycles. The number of nitrogens with zero attached hydrogens (tertiary/aromatic N) is 2. The Kier molecular flexibility index (Phi) is 5.43. The monoisotopic (exact) mass is 377 g/mol. The number of hydrogen-bond acceptors (Lipinski definition) is 4. The number of carboxylic acid groups (broad SMARTS) is 1. The molecule has 1 aliphatic rings. The van der Waals surface area contributed by atoms with Crippen LogP contribution in [0.4, 0.5) is 0 Å². The Hall–Kier alpha value is -2.19. The number of nitrogens with one attached hydrogen (secondary N) is 1. The quantitative estimate of drug-likeness (QED) is 0.769. The number of aromatic nitrogens is 2. The van der Waals surface area contributed by atoms with Crippen LogP contribution in [0, 0.1) is 5.92 Å². The van der Waals surface area contributed by atoms with E-state index in [1.165, 1.54) is 6.07 Å². The standard InChI is InChI=1S/C18H23N3O4S/c1-13(12-21-8-4-7-19-21)11-20-26(24,25)17-10-15(18(22)23)9-14-5-2-3-6-16(14)17/h4,7-10,13,20H,2-3,5-6,11-12H2,1H3,(H,22,23). The van der Waals surface area contributed by atoms with Crippen molar-refractivity contribution in [3.8, 4) is 0 Å². The van der Waals surface area contributed by atoms with Gasteiger partial charge in [-0.15, -0.1) is 0 Å². The Labute approximate surface area is 153 Å². The lowest BCUT2D eigenvalue weighted by Gasteiger charge is -2.21. The Morgan fingerprint density at radius 2 is 2.12 bits per heavy atom. The van der Waals surface area contributed by atoms with E-state index in [0.29, 0.717) is 19.4 Å². The summed E-state index contributed by atoms with van der Waals surface area (Å²) in [6.45, 7) is 2.80. The number of sulfonamides is 1. The van der Waals surface area contributed by atoms with Crippen LogP contribution >= 0.6 is 0 Å². The summed E-state index contributed by atoms with van der Waals surface area (Å²) in [5, 5.41) is 13.4. The first-order valence-corrected chi connectivity index (χ1v) is 10.2. The second-order valence-corrected chi connectivity index (χ2v) is 8.54. The van der Waals surface area contributed by atoms with Gasteiger partial charge in [-0.3, -0.25) is 4.68 Å². The number of carboxylic acids is 1. The van der Waals surface area contributed by atoms with Crippen molar-refractivity contribution < 1.29 is 18.3 Å². The lowest BCUT2D eigenvalue weighted by molar-refractivity contribution is 0.0696. The van der Waals surface area contributed by atoms with Crippen LogP contribution in [-0.4, -0.2) is 35.8 Å². The molecule has 1 heterocycles. The Bertz CT molecular complexity index is 891. The summed E-state index contributed by atoms with van der Waals surface area (Å²) in [7, 11) is -3.77. The van der Waals surface area contributed by atoms with Crippen LogP contribution in [-0.2, 0) is 29.4 Å². The fraction of sp³-hybridized carbons (Fsp3) is 0.444. The fourth-order valence-electron chi connectivity index (χ4n) is 3.31. The summed E-state index contributed by atoms with van der Waals surface area (Å²) >= 11 is 0. The highest BCUT2D eigenvalue weighted by Crippen LogP contribution is 2.29. The number of benzene rings is 1. The highest BCUT2D eigenvalue weighted by Gasteiger charge is 2.25. The first kappa shape index (κ1) is 18.6. The highest BCUT2D eigenvalue weighted by molar-refractivity contribution is 7.89. The SMILES string of the molecule is CC(CNS(=O)(=O)c1cc(C(=O)O)cc2c1CCCC2)Cn1cccn1. The molecule has 1 aliphatic carbocycles. The van der Waals surface area contributed by atoms with Crippen molar-refractivity contribution in [2.24, 2.45) is 5.92 Å². The number of fused-ring (bicyclic) bond motifs is 1. The van der Waals surface area contributed by atoms with Crippen molar-refractivity contribution >= 4 is 16.0 Å². The minimum Gasteiger partial charge on any atom is -0.478 e. The third kappa shape index (κ3) is 4.13. The maximum atomic E-state index is 12.9. The van der Waals surface area contributed by atoms with Crippen molar-refractivity contribution in [3.63, 3.8) is 0 Å². The van der Waals surface area contributed by atoms with E-state index in [0.717, 1.165) is 24.0 Å². The first-order chi connectivity index (χ1) is 12.4. The molecule has 1 unspecified atom stereocenters. The predicted molar refractivity (Wildman–Crippen MR) is 96.6 cm³/mol. The number of aromatic carboxylic acids is 1. The summed E-state index contributed by atoms with van der Waals surface area (Å²) in [5.41, 5.74) is 1.62. The van der Waals surface area contributed by atoms with Crippen LogP contribution in [0.15, 0.2) is 35.5 Å². The molecule has 0 bridgehead atoms. The molecule has 0 spiro atoms. The minimum absolute atomic E-state index is 0.0237. The van der Waals surface area contributed by atoms with E-state index in [4.69, 9.17) is 0 Å². The van der Waals surface area contributed by atoms with Gasteiger partial charge < -0.3 is 5.11 Å². The zero-order chi connectivity index (χ0) is 18.7. The van der Waals surface area contributed by atoms with Crippen molar-refractivity contribution in [3.05, 3.63) is 47.3 Å². The molecule has 2 aromatic rings. The minimum atomic E-state index is -3.77. The Morgan fingerprint density at radius 1 is 1.35 bits per heavy atom. The van der Waals surface area contributed by atoms with Crippen LogP contribution in [0.5, 0.6) is 0 Å². The normalized spacial score (nSPS) is 15.4. The number of carbonyl (C=O) groups is 1. The summed E-state index contributed by atoms with van der Waals surface area (Å²) in [6.07, 6.45) is 6.75. The van der Waals surface area contributed by atoms with E-state index in [-0.39, 0.29) is 22.9 Å². The van der Waals surface area contributed by atoms with Gasteiger partial charge in [0.05, 0.1) is 10.5 Å². The van der Waals surface area contributed by atoms with Crippen molar-refractivity contribution in [1.82, 2.24) is 14.5 Å².